The van der Waals surface area contributed by atoms with Crippen LogP contribution >= 0.6 is 39.0 Å². The lowest BCUT2D eigenvalue weighted by Gasteiger charge is -2.31. The average Bonchev–Trinajstić information content (AvgIpc) is 3.41. The summed E-state index contributed by atoms with van der Waals surface area (Å²) >= 11 is 5.49. The van der Waals surface area contributed by atoms with Crippen molar-refractivity contribution in [2.75, 3.05) is 4.90 Å². The molecule has 0 saturated carbocycles. The maximum absolute atomic E-state index is 14.0. The van der Waals surface area contributed by atoms with Gasteiger partial charge in [-0.1, -0.05) is 74.9 Å². The second kappa shape index (κ2) is 10.5. The monoisotopic (exact) mass is 660 g/mol. The lowest BCUT2D eigenvalue weighted by atomic mass is 9.82. The zero-order valence-electron chi connectivity index (χ0n) is 21.2. The number of aryl methyl sites for hydroxylation is 1. The number of nitrogens with zero attached hydrogens (tertiary/aromatic N) is 1. The summed E-state index contributed by atoms with van der Waals surface area (Å²) in [5.74, 6) is -2.53. The van der Waals surface area contributed by atoms with Gasteiger partial charge in [0.05, 0.1) is 22.2 Å². The number of aromatic amines is 1. The maximum Gasteiger partial charge on any atom is 0.416 e. The number of nitrogens with one attached hydrogen (secondary N) is 1. The van der Waals surface area contributed by atoms with Crippen molar-refractivity contribution in [1.82, 2.24) is 4.98 Å². The molecule has 0 bridgehead atoms. The highest BCUT2D eigenvalue weighted by Gasteiger charge is 2.57. The predicted octanol–water partition coefficient (Wildman–Crippen LogP) is 6.90. The summed E-state index contributed by atoms with van der Waals surface area (Å²) in [7, 11) is 0. The fraction of sp³-hybridized carbons (Fsp3) is 0.207. The first-order valence-electron chi connectivity index (χ1n) is 12.4. The molecule has 2 aliphatic heterocycles. The van der Waals surface area contributed by atoms with Gasteiger partial charge in [0.15, 0.2) is 0 Å². The third-order valence-corrected chi connectivity index (χ3v) is 9.93. The van der Waals surface area contributed by atoms with Crippen LogP contribution in [0.4, 0.5) is 18.9 Å². The number of thiazole rings is 1. The van der Waals surface area contributed by atoms with Gasteiger partial charge in [0.25, 0.3) is 0 Å². The fourth-order valence-electron chi connectivity index (χ4n) is 5.28. The highest BCUT2D eigenvalue weighted by molar-refractivity contribution is 9.10. The molecule has 41 heavy (non-hydrogen) atoms. The third-order valence-electron chi connectivity index (χ3n) is 7.04. The Morgan fingerprint density at radius 1 is 1.00 bits per heavy atom. The SMILES string of the molecule is Cc1cccc(COc2ccc(Br)cc2C2c3sc(=O)[nH]c3SC3C(=O)N(c4cccc(C(F)(F)F)c4)C(=O)C32)c1. The van der Waals surface area contributed by atoms with E-state index >= 15 is 0 Å². The van der Waals surface area contributed by atoms with Crippen molar-refractivity contribution in [2.45, 2.75) is 35.9 Å². The lowest BCUT2D eigenvalue weighted by molar-refractivity contribution is -0.137. The van der Waals surface area contributed by atoms with Crippen molar-refractivity contribution in [3.63, 3.8) is 0 Å². The Hall–Kier alpha value is -3.35. The average molecular weight is 662 g/mol. The van der Waals surface area contributed by atoms with Gasteiger partial charge in [-0.15, -0.1) is 0 Å². The molecule has 3 heterocycles. The number of hydrogen-bond donors (Lipinski definition) is 1. The predicted molar refractivity (Wildman–Crippen MR) is 154 cm³/mol. The topological polar surface area (TPSA) is 79.5 Å². The van der Waals surface area contributed by atoms with Gasteiger partial charge in [0, 0.05) is 20.8 Å². The minimum Gasteiger partial charge on any atom is -0.489 e. The van der Waals surface area contributed by atoms with Crippen molar-refractivity contribution in [1.29, 1.82) is 0 Å². The van der Waals surface area contributed by atoms with Crippen LogP contribution in [0, 0.1) is 12.8 Å². The summed E-state index contributed by atoms with van der Waals surface area (Å²) < 4.78 is 47.3. The van der Waals surface area contributed by atoms with E-state index in [1.54, 1.807) is 18.2 Å². The molecule has 12 heteroatoms. The summed E-state index contributed by atoms with van der Waals surface area (Å²) in [6.45, 7) is 2.22. The first kappa shape index (κ1) is 27.8. The molecule has 1 fully saturated rings. The van der Waals surface area contributed by atoms with Crippen molar-refractivity contribution in [3.05, 3.63) is 108 Å². The van der Waals surface area contributed by atoms with E-state index in [2.05, 4.69) is 20.9 Å². The minimum absolute atomic E-state index is 0.148. The third kappa shape index (κ3) is 5.13. The van der Waals surface area contributed by atoms with Crippen LogP contribution in [0.3, 0.4) is 0 Å². The number of anilines is 1. The van der Waals surface area contributed by atoms with Crippen LogP contribution in [0.15, 0.2) is 81.0 Å². The van der Waals surface area contributed by atoms with Crippen LogP contribution < -0.4 is 14.5 Å². The molecule has 2 amide bonds. The Morgan fingerprint density at radius 3 is 2.54 bits per heavy atom. The summed E-state index contributed by atoms with van der Waals surface area (Å²) in [4.78, 5) is 44.0. The van der Waals surface area contributed by atoms with E-state index in [1.807, 2.05) is 31.2 Å². The van der Waals surface area contributed by atoms with Gasteiger partial charge in [0.1, 0.15) is 17.6 Å². The molecule has 1 N–H and O–H groups in total. The number of thioether (sulfide) groups is 1. The molecule has 2 aliphatic rings. The van der Waals surface area contributed by atoms with Gasteiger partial charge in [-0.25, -0.2) is 4.90 Å². The van der Waals surface area contributed by atoms with E-state index in [4.69, 9.17) is 4.74 Å². The molecule has 6 nitrogen and oxygen atoms in total. The fourth-order valence-corrected chi connectivity index (χ4v) is 8.17. The standard InChI is InChI=1S/C29H20BrF3N2O4S2/c1-14-4-2-5-15(10-14)13-39-20-9-8-17(30)12-19(20)21-22-24(40-25-23(21)41-28(38)34-25)27(37)35(26(22)36)18-7-3-6-16(11-18)29(31,32)33/h2-12,21-22,24H,13H2,1H3,(H,34,38). The van der Waals surface area contributed by atoms with E-state index in [1.165, 1.54) is 12.1 Å². The van der Waals surface area contributed by atoms with Crippen LogP contribution in [0.2, 0.25) is 0 Å². The number of carbonyl (C=O) groups excluding carboxylic acids is 2. The highest BCUT2D eigenvalue weighted by Crippen LogP contribution is 2.55. The lowest BCUT2D eigenvalue weighted by Crippen LogP contribution is -2.32. The quantitative estimate of drug-likeness (QED) is 0.236. The zero-order chi connectivity index (χ0) is 29.1. The number of carbonyl (C=O) groups is 2. The largest absolute Gasteiger partial charge is 0.489 e. The number of rotatable bonds is 5. The van der Waals surface area contributed by atoms with E-state index in [0.29, 0.717) is 25.7 Å². The number of fused-ring (bicyclic) bond motifs is 2. The Kier molecular flexibility index (Phi) is 7.11. The molecule has 1 saturated heterocycles. The molecule has 4 aromatic rings. The first-order chi connectivity index (χ1) is 19.5. The minimum atomic E-state index is -4.64. The van der Waals surface area contributed by atoms with Gasteiger partial charge in [-0.05, 0) is 48.9 Å². The summed E-state index contributed by atoms with van der Waals surface area (Å²) in [5, 5.41) is -0.494. The molecular weight excluding hydrogens is 641 g/mol. The van der Waals surface area contributed by atoms with Crippen LogP contribution in [-0.2, 0) is 22.4 Å². The van der Waals surface area contributed by atoms with Gasteiger partial charge in [-0.3, -0.25) is 14.4 Å². The number of imide groups is 1. The van der Waals surface area contributed by atoms with Crippen LogP contribution in [0.5, 0.6) is 5.75 Å². The molecule has 3 aromatic carbocycles. The van der Waals surface area contributed by atoms with Crippen molar-refractivity contribution in [3.8, 4) is 5.75 Å². The van der Waals surface area contributed by atoms with Crippen molar-refractivity contribution in [2.24, 2.45) is 5.92 Å². The summed E-state index contributed by atoms with van der Waals surface area (Å²) in [6, 6.07) is 17.3. The van der Waals surface area contributed by atoms with Gasteiger partial charge in [-0.2, -0.15) is 13.2 Å². The Balaban J connectivity index is 1.44. The number of H-pyrrole nitrogens is 1. The molecule has 6 rings (SSSR count). The second-order valence-electron chi connectivity index (χ2n) is 9.77. The highest BCUT2D eigenvalue weighted by atomic mass is 79.9. The van der Waals surface area contributed by atoms with E-state index in [-0.39, 0.29) is 17.2 Å². The van der Waals surface area contributed by atoms with Crippen LogP contribution in [0.1, 0.15) is 33.0 Å². The molecule has 0 spiro atoms. The van der Waals surface area contributed by atoms with Crippen LogP contribution in [-0.4, -0.2) is 22.0 Å². The van der Waals surface area contributed by atoms with Crippen molar-refractivity contribution < 1.29 is 27.5 Å². The van der Waals surface area contributed by atoms with E-state index < -0.39 is 40.6 Å². The smallest absolute Gasteiger partial charge is 0.416 e. The second-order valence-corrected chi connectivity index (χ2v) is 12.9. The first-order valence-corrected chi connectivity index (χ1v) is 14.9. The molecule has 1 aromatic heterocycles. The Morgan fingerprint density at radius 2 is 1.78 bits per heavy atom. The Bertz CT molecular complexity index is 1750. The number of aromatic nitrogens is 1. The molecular formula is C29H20BrF3N2O4S2. The summed E-state index contributed by atoms with van der Waals surface area (Å²) in [5.41, 5.74) is 1.49. The number of hydrogen-bond acceptors (Lipinski definition) is 6. The maximum atomic E-state index is 14.0. The Labute approximate surface area is 248 Å². The normalized spacial score (nSPS) is 20.2. The van der Waals surface area contributed by atoms with E-state index in [9.17, 15) is 27.6 Å². The molecule has 3 unspecified atom stereocenters. The molecule has 210 valence electrons. The number of alkyl halides is 3. The molecule has 0 radical (unpaired) electrons. The van der Waals surface area contributed by atoms with Gasteiger partial charge >= 0.3 is 11.0 Å². The zero-order valence-corrected chi connectivity index (χ0v) is 24.4. The number of amides is 2. The molecule has 3 atom stereocenters. The molecule has 0 aliphatic carbocycles. The van der Waals surface area contributed by atoms with Gasteiger partial charge < -0.3 is 9.72 Å². The van der Waals surface area contributed by atoms with Crippen molar-refractivity contribution >= 4 is 56.5 Å². The number of ether oxygens (including phenoxy) is 1. The van der Waals surface area contributed by atoms with E-state index in [0.717, 1.165) is 51.3 Å². The number of halogens is 4. The summed E-state index contributed by atoms with van der Waals surface area (Å²) in [6.07, 6.45) is -4.64. The van der Waals surface area contributed by atoms with Crippen LogP contribution in [0.25, 0.3) is 0 Å². The number of benzene rings is 3. The van der Waals surface area contributed by atoms with Gasteiger partial charge in [0.2, 0.25) is 11.8 Å².